The van der Waals surface area contributed by atoms with E-state index < -0.39 is 0 Å². The Morgan fingerprint density at radius 1 is 1.30 bits per heavy atom. The Hall–Kier alpha value is -2.21. The lowest BCUT2D eigenvalue weighted by molar-refractivity contribution is 0.178. The lowest BCUT2D eigenvalue weighted by Crippen LogP contribution is -2.53. The van der Waals surface area contributed by atoms with Gasteiger partial charge in [-0.2, -0.15) is 0 Å². The number of halogens is 1. The summed E-state index contributed by atoms with van der Waals surface area (Å²) >= 11 is 0. The number of amidine groups is 1. The number of pyridine rings is 1. The van der Waals surface area contributed by atoms with Crippen LogP contribution >= 0.6 is 0 Å². The van der Waals surface area contributed by atoms with Gasteiger partial charge >= 0.3 is 0 Å². The molecule has 0 saturated carbocycles. The van der Waals surface area contributed by atoms with Crippen LogP contribution in [0.2, 0.25) is 0 Å². The summed E-state index contributed by atoms with van der Waals surface area (Å²) < 4.78 is 14.7. The molecule has 4 rings (SSSR count). The Labute approximate surface area is 135 Å². The average molecular weight is 313 g/mol. The summed E-state index contributed by atoms with van der Waals surface area (Å²) in [5.41, 5.74) is 1.77. The van der Waals surface area contributed by atoms with E-state index in [-0.39, 0.29) is 11.9 Å². The second-order valence-corrected chi connectivity index (χ2v) is 6.42. The van der Waals surface area contributed by atoms with Crippen molar-refractivity contribution in [1.82, 2.24) is 14.8 Å². The number of aryl methyl sites for hydroxylation is 1. The van der Waals surface area contributed by atoms with Crippen molar-refractivity contribution in [2.75, 3.05) is 38.6 Å². The standard InChI is InChI=1S/C17H20FN5/c1-10-15(18)13-6-5-12-9-21(3)7-8-23(12)17-14(13)16(19-10)22(4)11(2)20-17/h5-6,12H,2,7-9H2,1,3-4H3. The topological polar surface area (TPSA) is 35.0 Å². The molecule has 23 heavy (non-hydrogen) atoms. The SMILES string of the molecule is C=C1N=C2c3c(nc(C)c(F)c3C=CC3CN(C)CCN23)N1C. The summed E-state index contributed by atoms with van der Waals surface area (Å²) in [7, 11) is 3.98. The summed E-state index contributed by atoms with van der Waals surface area (Å²) in [6.45, 7) is 8.44. The number of nitrogens with zero attached hydrogens (tertiary/aromatic N) is 5. The quantitative estimate of drug-likeness (QED) is 0.732. The van der Waals surface area contributed by atoms with Crippen molar-refractivity contribution in [3.63, 3.8) is 0 Å². The zero-order valence-corrected chi connectivity index (χ0v) is 13.7. The normalized spacial score (nSPS) is 23.4. The van der Waals surface area contributed by atoms with Crippen LogP contribution in [0.1, 0.15) is 16.8 Å². The van der Waals surface area contributed by atoms with Crippen LogP contribution in [0.3, 0.4) is 0 Å². The van der Waals surface area contributed by atoms with Gasteiger partial charge in [0.2, 0.25) is 0 Å². The molecule has 120 valence electrons. The third kappa shape index (κ3) is 2.01. The van der Waals surface area contributed by atoms with Gasteiger partial charge in [-0.3, -0.25) is 0 Å². The molecule has 6 heteroatoms. The van der Waals surface area contributed by atoms with Gasteiger partial charge in [-0.1, -0.05) is 18.7 Å². The fourth-order valence-corrected chi connectivity index (χ4v) is 3.48. The highest BCUT2D eigenvalue weighted by Crippen LogP contribution is 2.36. The predicted molar refractivity (Wildman–Crippen MR) is 90.0 cm³/mol. The number of aromatic nitrogens is 1. The van der Waals surface area contributed by atoms with Crippen LogP contribution in [0.15, 0.2) is 23.5 Å². The van der Waals surface area contributed by atoms with E-state index in [2.05, 4.69) is 39.5 Å². The third-order valence-electron chi connectivity index (χ3n) is 4.86. The van der Waals surface area contributed by atoms with Crippen molar-refractivity contribution >= 4 is 17.7 Å². The van der Waals surface area contributed by atoms with Crippen molar-refractivity contribution in [3.8, 4) is 0 Å². The van der Waals surface area contributed by atoms with E-state index in [9.17, 15) is 4.39 Å². The van der Waals surface area contributed by atoms with Crippen molar-refractivity contribution in [1.29, 1.82) is 0 Å². The van der Waals surface area contributed by atoms with Crippen molar-refractivity contribution in [3.05, 3.63) is 41.1 Å². The first-order valence-corrected chi connectivity index (χ1v) is 7.82. The number of hydrogen-bond acceptors (Lipinski definition) is 5. The van der Waals surface area contributed by atoms with Crippen molar-refractivity contribution in [2.24, 2.45) is 4.99 Å². The molecule has 0 radical (unpaired) electrons. The molecule has 5 nitrogen and oxygen atoms in total. The number of fused-ring (bicyclic) bond motifs is 2. The number of aliphatic imine (C=N–C) groups is 1. The van der Waals surface area contributed by atoms with Crippen LogP contribution in [-0.4, -0.2) is 60.4 Å². The summed E-state index contributed by atoms with van der Waals surface area (Å²) in [6.07, 6.45) is 3.97. The van der Waals surface area contributed by atoms with Gasteiger partial charge in [0, 0.05) is 32.2 Å². The fraction of sp³-hybridized carbons (Fsp3) is 0.412. The molecule has 0 aromatic carbocycles. The van der Waals surface area contributed by atoms with Crippen LogP contribution in [0.25, 0.3) is 6.08 Å². The first kappa shape index (κ1) is 14.4. The van der Waals surface area contributed by atoms with Gasteiger partial charge in [-0.25, -0.2) is 14.4 Å². The van der Waals surface area contributed by atoms with E-state index in [1.54, 1.807) is 6.92 Å². The fourth-order valence-electron chi connectivity index (χ4n) is 3.48. The van der Waals surface area contributed by atoms with Crippen LogP contribution in [0.4, 0.5) is 10.2 Å². The van der Waals surface area contributed by atoms with E-state index in [0.29, 0.717) is 17.1 Å². The lowest BCUT2D eigenvalue weighted by Gasteiger charge is -2.41. The molecule has 1 aromatic heterocycles. The number of hydrogen-bond donors (Lipinski definition) is 0. The molecule has 1 atom stereocenters. The predicted octanol–water partition coefficient (Wildman–Crippen LogP) is 1.84. The van der Waals surface area contributed by atoms with Gasteiger partial charge < -0.3 is 14.7 Å². The molecule has 4 heterocycles. The van der Waals surface area contributed by atoms with Gasteiger partial charge in [0.1, 0.15) is 17.5 Å². The monoisotopic (exact) mass is 313 g/mol. The molecular weight excluding hydrogens is 293 g/mol. The van der Waals surface area contributed by atoms with E-state index in [0.717, 1.165) is 36.9 Å². The zero-order chi connectivity index (χ0) is 16.3. The van der Waals surface area contributed by atoms with E-state index in [1.807, 2.05) is 18.0 Å². The smallest absolute Gasteiger partial charge is 0.152 e. The lowest BCUT2D eigenvalue weighted by atomic mass is 10.0. The van der Waals surface area contributed by atoms with Crippen LogP contribution in [0.5, 0.6) is 0 Å². The molecule has 1 saturated heterocycles. The van der Waals surface area contributed by atoms with Gasteiger partial charge in [0.15, 0.2) is 5.82 Å². The van der Waals surface area contributed by atoms with Crippen molar-refractivity contribution < 1.29 is 4.39 Å². The second kappa shape index (κ2) is 4.89. The van der Waals surface area contributed by atoms with Crippen molar-refractivity contribution in [2.45, 2.75) is 13.0 Å². The Kier molecular flexibility index (Phi) is 3.06. The number of piperazine rings is 1. The van der Waals surface area contributed by atoms with Gasteiger partial charge in [-0.15, -0.1) is 0 Å². The molecule has 3 aliphatic heterocycles. The Morgan fingerprint density at radius 2 is 2.09 bits per heavy atom. The molecule has 1 aromatic rings. The third-order valence-corrected chi connectivity index (χ3v) is 4.86. The second-order valence-electron chi connectivity index (χ2n) is 6.42. The number of anilines is 1. The largest absolute Gasteiger partial charge is 0.347 e. The molecule has 0 aliphatic carbocycles. The Bertz CT molecular complexity index is 767. The number of likely N-dealkylation sites (N-methyl/N-ethyl adjacent to an activating group) is 1. The first-order valence-electron chi connectivity index (χ1n) is 7.82. The molecule has 3 aliphatic rings. The van der Waals surface area contributed by atoms with Crippen LogP contribution in [0, 0.1) is 12.7 Å². The minimum atomic E-state index is -0.262. The van der Waals surface area contributed by atoms with E-state index in [4.69, 9.17) is 0 Å². The van der Waals surface area contributed by atoms with Crippen LogP contribution in [-0.2, 0) is 0 Å². The highest BCUT2D eigenvalue weighted by Gasteiger charge is 2.36. The maximum atomic E-state index is 14.7. The summed E-state index contributed by atoms with van der Waals surface area (Å²) in [6, 6.07) is 0.184. The maximum absolute atomic E-state index is 14.7. The Balaban J connectivity index is 1.98. The number of rotatable bonds is 0. The zero-order valence-electron chi connectivity index (χ0n) is 13.7. The van der Waals surface area contributed by atoms with Gasteiger partial charge in [0.25, 0.3) is 0 Å². The van der Waals surface area contributed by atoms with Crippen LogP contribution < -0.4 is 4.90 Å². The van der Waals surface area contributed by atoms with E-state index in [1.165, 1.54) is 0 Å². The summed E-state index contributed by atoms with van der Waals surface area (Å²) in [4.78, 5) is 15.5. The maximum Gasteiger partial charge on any atom is 0.152 e. The molecule has 0 bridgehead atoms. The van der Waals surface area contributed by atoms with E-state index >= 15 is 0 Å². The summed E-state index contributed by atoms with van der Waals surface area (Å²) in [5.74, 6) is 1.91. The molecule has 1 unspecified atom stereocenters. The Morgan fingerprint density at radius 3 is 2.87 bits per heavy atom. The van der Waals surface area contributed by atoms with Gasteiger partial charge in [0.05, 0.1) is 17.3 Å². The molecule has 0 N–H and O–H groups in total. The molecular formula is C17H20FN5. The molecule has 0 spiro atoms. The highest BCUT2D eigenvalue weighted by atomic mass is 19.1. The molecule has 1 fully saturated rings. The highest BCUT2D eigenvalue weighted by molar-refractivity contribution is 6.09. The summed E-state index contributed by atoms with van der Waals surface area (Å²) in [5, 5.41) is 0. The minimum absolute atomic E-state index is 0.184. The average Bonchev–Trinajstić information content (AvgIpc) is 2.67. The first-order chi connectivity index (χ1) is 11.0. The van der Waals surface area contributed by atoms with Gasteiger partial charge in [-0.05, 0) is 14.0 Å². The minimum Gasteiger partial charge on any atom is -0.347 e. The molecule has 0 amide bonds.